The van der Waals surface area contributed by atoms with Crippen molar-refractivity contribution in [1.29, 1.82) is 0 Å². The van der Waals surface area contributed by atoms with Gasteiger partial charge < -0.3 is 36.6 Å². The molecule has 3 aromatic rings. The minimum absolute atomic E-state index is 0.0339. The summed E-state index contributed by atoms with van der Waals surface area (Å²) in [6.45, 7) is 1.87. The highest BCUT2D eigenvalue weighted by Gasteiger charge is 2.32. The van der Waals surface area contributed by atoms with E-state index < -0.39 is 49.9 Å². The molecule has 13 nitrogen and oxygen atoms in total. The van der Waals surface area contributed by atoms with E-state index in [0.717, 1.165) is 0 Å². The monoisotopic (exact) mass is 540 g/mol. The van der Waals surface area contributed by atoms with Gasteiger partial charge in [-0.1, -0.05) is 30.3 Å². The highest BCUT2D eigenvalue weighted by atomic mass is 31.2. The molecule has 0 amide bonds. The fourth-order valence-corrected chi connectivity index (χ4v) is 4.46. The molecule has 1 N–H and O–H groups in total. The van der Waals surface area contributed by atoms with Crippen molar-refractivity contribution >= 4 is 19.5 Å². The lowest BCUT2D eigenvalue weighted by molar-refractivity contribution is -0.150. The summed E-state index contributed by atoms with van der Waals surface area (Å²) in [5.41, 5.74) is 0.694. The molecule has 2 unspecified atom stereocenters. The fourth-order valence-electron chi connectivity index (χ4n) is 3.14. The number of carbonyl (C=O) groups is 2. The van der Waals surface area contributed by atoms with Gasteiger partial charge in [-0.2, -0.15) is 0 Å². The number of carbonyl (C=O) groups excluding carboxylic acids is 2. The molecular formula is C23H25O13P. The van der Waals surface area contributed by atoms with Crippen LogP contribution >= 0.6 is 7.60 Å². The molecule has 0 fully saturated rings. The first-order chi connectivity index (χ1) is 17.5. The lowest BCUT2D eigenvalue weighted by Crippen LogP contribution is -2.23. The molecule has 0 saturated carbocycles. The lowest BCUT2D eigenvalue weighted by Gasteiger charge is -2.19. The Bertz CT molecular complexity index is 1360. The molecule has 2 atom stereocenters. The number of hydrogen-bond acceptors (Lipinski definition) is 12. The Hall–Kier alpha value is -3.67. The van der Waals surface area contributed by atoms with Crippen molar-refractivity contribution in [2.75, 3.05) is 6.16 Å². The second-order valence-electron chi connectivity index (χ2n) is 7.95. The van der Waals surface area contributed by atoms with Gasteiger partial charge in [0.25, 0.3) is 0 Å². The summed E-state index contributed by atoms with van der Waals surface area (Å²) in [6.07, 6.45) is -1.19. The van der Waals surface area contributed by atoms with Crippen LogP contribution in [-0.4, -0.2) is 23.0 Å². The zero-order valence-corrected chi connectivity index (χ0v) is 20.9. The van der Waals surface area contributed by atoms with Gasteiger partial charge in [0.15, 0.2) is 23.9 Å². The minimum Gasteiger partial charge on any atom is -0.461 e. The Morgan fingerprint density at radius 2 is 1.49 bits per heavy atom. The molecule has 2 aromatic heterocycles. The normalized spacial score (nSPS) is 13.6. The topological polar surface area (TPSA) is 186 Å². The van der Waals surface area contributed by atoms with Crippen LogP contribution in [0.15, 0.2) is 57.6 Å². The molecule has 14 heteroatoms. The van der Waals surface area contributed by atoms with Crippen molar-refractivity contribution in [3.63, 3.8) is 0 Å². The van der Waals surface area contributed by atoms with Crippen LogP contribution in [-0.2, 0) is 48.0 Å². The zero-order chi connectivity index (χ0) is 27.0. The number of rotatable bonds is 13. The molecule has 0 aliphatic rings. The molecule has 0 aliphatic heterocycles. The zero-order valence-electron chi connectivity index (χ0n) is 20.0. The number of ether oxygens (including phenoxy) is 2. The Kier molecular flexibility index (Phi) is 9.45. The molecule has 0 radical (unpaired) electrons. The van der Waals surface area contributed by atoms with Gasteiger partial charge in [0.1, 0.15) is 19.0 Å². The van der Waals surface area contributed by atoms with Gasteiger partial charge >= 0.3 is 31.2 Å². The van der Waals surface area contributed by atoms with Crippen LogP contribution in [0.5, 0.6) is 0 Å². The lowest BCUT2D eigenvalue weighted by atomic mass is 10.1. The van der Waals surface area contributed by atoms with Crippen molar-refractivity contribution < 1.29 is 50.7 Å². The van der Waals surface area contributed by atoms with E-state index in [0.29, 0.717) is 5.56 Å². The Morgan fingerprint density at radius 3 is 2.05 bits per heavy atom. The van der Waals surface area contributed by atoms with Crippen molar-refractivity contribution in [2.45, 2.75) is 46.5 Å². The molecule has 3 rings (SSSR count). The summed E-state index contributed by atoms with van der Waals surface area (Å²) < 4.78 is 46.9. The summed E-state index contributed by atoms with van der Waals surface area (Å²) in [5, 5.41) is 0. The van der Waals surface area contributed by atoms with E-state index in [9.17, 15) is 28.6 Å². The van der Waals surface area contributed by atoms with Gasteiger partial charge in [-0.15, -0.1) is 0 Å². The van der Waals surface area contributed by atoms with Crippen molar-refractivity contribution in [2.24, 2.45) is 5.92 Å². The Labute approximate surface area is 209 Å². The van der Waals surface area contributed by atoms with Crippen LogP contribution in [0, 0.1) is 19.8 Å². The predicted molar refractivity (Wildman–Crippen MR) is 122 cm³/mol. The third-order valence-corrected chi connectivity index (χ3v) is 6.57. The summed E-state index contributed by atoms with van der Waals surface area (Å²) in [6, 6.07) is 8.77. The molecule has 1 aromatic carbocycles. The number of benzene rings is 1. The summed E-state index contributed by atoms with van der Waals surface area (Å²) in [4.78, 5) is 57.6. The molecule has 0 spiro atoms. The number of aryl methyl sites for hydroxylation is 2. The van der Waals surface area contributed by atoms with E-state index in [1.54, 1.807) is 30.3 Å². The third kappa shape index (κ3) is 8.74. The van der Waals surface area contributed by atoms with Crippen LogP contribution in [0.25, 0.3) is 0 Å². The summed E-state index contributed by atoms with van der Waals surface area (Å²) in [5.74, 6) is -4.52. The van der Waals surface area contributed by atoms with E-state index in [1.165, 1.54) is 13.8 Å². The van der Waals surface area contributed by atoms with Crippen molar-refractivity contribution in [1.82, 2.24) is 0 Å². The first kappa shape index (κ1) is 27.9. The Balaban J connectivity index is 1.61. The molecule has 37 heavy (non-hydrogen) atoms. The second kappa shape index (κ2) is 12.5. The predicted octanol–water partition coefficient (Wildman–Crippen LogP) is 2.98. The van der Waals surface area contributed by atoms with E-state index in [-0.39, 0.29) is 49.1 Å². The molecule has 2 heterocycles. The van der Waals surface area contributed by atoms with E-state index in [4.69, 9.17) is 22.8 Å². The van der Waals surface area contributed by atoms with Gasteiger partial charge in [-0.3, -0.25) is 14.2 Å². The third-order valence-electron chi connectivity index (χ3n) is 5.14. The van der Waals surface area contributed by atoms with Crippen molar-refractivity contribution in [3.05, 3.63) is 80.2 Å². The maximum absolute atomic E-state index is 12.8. The van der Waals surface area contributed by atoms with E-state index in [2.05, 4.69) is 8.83 Å². The van der Waals surface area contributed by atoms with Gasteiger partial charge in [-0.05, 0) is 25.8 Å². The first-order valence-electron chi connectivity index (χ1n) is 11.0. The molecular weight excluding hydrogens is 515 g/mol. The average Bonchev–Trinajstić information content (AvgIpc) is 3.36. The Morgan fingerprint density at radius 1 is 0.892 bits per heavy atom. The van der Waals surface area contributed by atoms with Crippen LogP contribution < -0.4 is 11.6 Å². The fraction of sp³-hybridized carbons (Fsp3) is 0.391. The SMILES string of the molecule is Cc1oc(=O)oc1COC(=O)CCC(CP(=O)(O)OCc1oc(=O)oc1C)C(=O)OCc1ccccc1. The van der Waals surface area contributed by atoms with Gasteiger partial charge in [0.05, 0.1) is 12.1 Å². The molecule has 0 bridgehead atoms. The molecule has 200 valence electrons. The highest BCUT2D eigenvalue weighted by Crippen LogP contribution is 2.46. The number of esters is 2. The van der Waals surface area contributed by atoms with Crippen LogP contribution in [0.3, 0.4) is 0 Å². The van der Waals surface area contributed by atoms with Crippen LogP contribution in [0.1, 0.15) is 41.4 Å². The largest absolute Gasteiger partial charge is 0.519 e. The van der Waals surface area contributed by atoms with Gasteiger partial charge in [0, 0.05) is 6.42 Å². The smallest absolute Gasteiger partial charge is 0.461 e. The summed E-state index contributed by atoms with van der Waals surface area (Å²) in [7, 11) is -4.42. The second-order valence-corrected chi connectivity index (χ2v) is 9.85. The standard InChI is InChI=1S/C23H25O13P/c1-14-18(35-22(26)33-14)11-30-20(24)9-8-17(21(25)31-10-16-6-4-3-5-7-16)13-37(28,29)32-12-19-15(2)34-23(27)36-19/h3-7,17H,8-13H2,1-2H3,(H,28,29). The number of hydrogen-bond donors (Lipinski definition) is 1. The minimum atomic E-state index is -4.42. The first-order valence-corrected chi connectivity index (χ1v) is 12.8. The maximum atomic E-state index is 12.8. The van der Waals surface area contributed by atoms with Crippen molar-refractivity contribution in [3.8, 4) is 0 Å². The highest BCUT2D eigenvalue weighted by molar-refractivity contribution is 7.52. The molecule has 0 saturated heterocycles. The average molecular weight is 540 g/mol. The summed E-state index contributed by atoms with van der Waals surface area (Å²) >= 11 is 0. The molecule has 0 aliphatic carbocycles. The van der Waals surface area contributed by atoms with Gasteiger partial charge in [0.2, 0.25) is 0 Å². The van der Waals surface area contributed by atoms with Crippen LogP contribution in [0.4, 0.5) is 0 Å². The van der Waals surface area contributed by atoms with Crippen LogP contribution in [0.2, 0.25) is 0 Å². The quantitative estimate of drug-likeness (QED) is 0.246. The maximum Gasteiger partial charge on any atom is 0.519 e. The van der Waals surface area contributed by atoms with Gasteiger partial charge in [-0.25, -0.2) is 9.59 Å². The van der Waals surface area contributed by atoms with E-state index in [1.807, 2.05) is 0 Å². The van der Waals surface area contributed by atoms with E-state index >= 15 is 0 Å².